The topological polar surface area (TPSA) is 66.8 Å². The fourth-order valence-corrected chi connectivity index (χ4v) is 2.46. The molecule has 1 saturated carbocycles. The summed E-state index contributed by atoms with van der Waals surface area (Å²) in [6, 6.07) is 3.68. The van der Waals surface area contributed by atoms with E-state index < -0.39 is 5.97 Å². The van der Waals surface area contributed by atoms with Gasteiger partial charge in [-0.15, -0.1) is 0 Å². The van der Waals surface area contributed by atoms with Crippen LogP contribution in [0.1, 0.15) is 36.3 Å². The van der Waals surface area contributed by atoms with Crippen molar-refractivity contribution in [2.24, 2.45) is 5.92 Å². The Morgan fingerprint density at radius 1 is 1.50 bits per heavy atom. The highest BCUT2D eigenvalue weighted by atomic mass is 16.5. The average molecular weight is 250 g/mol. The minimum absolute atomic E-state index is 0.0600. The lowest BCUT2D eigenvalue weighted by Crippen LogP contribution is -2.09. The van der Waals surface area contributed by atoms with Crippen molar-refractivity contribution in [1.82, 2.24) is 0 Å². The maximum absolute atomic E-state index is 10.9. The Balaban J connectivity index is 2.38. The molecule has 1 atom stereocenters. The van der Waals surface area contributed by atoms with Gasteiger partial charge in [0.1, 0.15) is 0 Å². The molecule has 18 heavy (non-hydrogen) atoms. The summed E-state index contributed by atoms with van der Waals surface area (Å²) in [6.07, 6.45) is 2.13. The molecule has 0 aromatic heterocycles. The third kappa shape index (κ3) is 2.42. The van der Waals surface area contributed by atoms with E-state index in [0.717, 1.165) is 18.4 Å². The van der Waals surface area contributed by atoms with E-state index in [1.165, 1.54) is 7.11 Å². The lowest BCUT2D eigenvalue weighted by molar-refractivity contribution is -0.137. The number of carbonyl (C=O) groups is 1. The number of carboxylic acids is 1. The molecule has 1 aliphatic carbocycles. The van der Waals surface area contributed by atoms with Gasteiger partial charge in [0.25, 0.3) is 0 Å². The molecule has 0 heterocycles. The smallest absolute Gasteiger partial charge is 0.303 e. The van der Waals surface area contributed by atoms with Crippen LogP contribution in [0.3, 0.4) is 0 Å². The molecule has 1 fully saturated rings. The standard InChI is InChI=1S/C14H18O4/c1-8-3-6-10(13(17)14(8)18-2)11(7-12(15)16)9-4-5-9/h3,6,9,11,17H,4-5,7H2,1-2H3,(H,15,16). The van der Waals surface area contributed by atoms with Gasteiger partial charge in [0.05, 0.1) is 13.5 Å². The van der Waals surface area contributed by atoms with Crippen LogP contribution in [-0.4, -0.2) is 23.3 Å². The number of aromatic hydroxyl groups is 1. The molecule has 0 amide bonds. The molecule has 0 bridgehead atoms. The number of phenols is 1. The van der Waals surface area contributed by atoms with Crippen molar-refractivity contribution >= 4 is 5.97 Å². The first kappa shape index (κ1) is 12.7. The number of benzene rings is 1. The van der Waals surface area contributed by atoms with Crippen molar-refractivity contribution in [1.29, 1.82) is 0 Å². The summed E-state index contributed by atoms with van der Waals surface area (Å²) < 4.78 is 5.17. The van der Waals surface area contributed by atoms with Crippen molar-refractivity contribution in [3.8, 4) is 11.5 Å². The molecule has 0 radical (unpaired) electrons. The number of carboxylic acid groups (broad SMARTS) is 1. The molecule has 1 unspecified atom stereocenters. The second-order valence-corrected chi connectivity index (χ2v) is 4.90. The van der Waals surface area contributed by atoms with Crippen molar-refractivity contribution in [2.45, 2.75) is 32.1 Å². The Hall–Kier alpha value is -1.71. The predicted octanol–water partition coefficient (Wildman–Crippen LogP) is 2.68. The SMILES string of the molecule is COc1c(C)ccc(C(CC(=O)O)C2CC2)c1O. The van der Waals surface area contributed by atoms with Crippen molar-refractivity contribution in [3.63, 3.8) is 0 Å². The van der Waals surface area contributed by atoms with Crippen LogP contribution in [-0.2, 0) is 4.79 Å². The summed E-state index contributed by atoms with van der Waals surface area (Å²) in [6.45, 7) is 1.85. The normalized spacial score (nSPS) is 16.3. The van der Waals surface area contributed by atoms with E-state index in [0.29, 0.717) is 17.2 Å². The molecule has 0 aliphatic heterocycles. The number of hydrogen-bond donors (Lipinski definition) is 2. The molecule has 4 nitrogen and oxygen atoms in total. The van der Waals surface area contributed by atoms with Crippen LogP contribution >= 0.6 is 0 Å². The van der Waals surface area contributed by atoms with Crippen LogP contribution in [0.2, 0.25) is 0 Å². The zero-order chi connectivity index (χ0) is 13.3. The fraction of sp³-hybridized carbons (Fsp3) is 0.500. The van der Waals surface area contributed by atoms with E-state index in [1.54, 1.807) is 0 Å². The zero-order valence-electron chi connectivity index (χ0n) is 10.6. The van der Waals surface area contributed by atoms with Gasteiger partial charge in [-0.2, -0.15) is 0 Å². The first-order chi connectivity index (χ1) is 8.54. The predicted molar refractivity (Wildman–Crippen MR) is 67.1 cm³/mol. The van der Waals surface area contributed by atoms with E-state index in [4.69, 9.17) is 9.84 Å². The zero-order valence-corrected chi connectivity index (χ0v) is 10.6. The lowest BCUT2D eigenvalue weighted by Gasteiger charge is -2.18. The molecule has 1 aromatic carbocycles. The van der Waals surface area contributed by atoms with Gasteiger partial charge in [0, 0.05) is 11.5 Å². The van der Waals surface area contributed by atoms with Crippen LogP contribution < -0.4 is 4.74 Å². The highest BCUT2D eigenvalue weighted by molar-refractivity contribution is 5.69. The first-order valence-electron chi connectivity index (χ1n) is 6.12. The quantitative estimate of drug-likeness (QED) is 0.843. The van der Waals surface area contributed by atoms with Gasteiger partial charge in [0.15, 0.2) is 11.5 Å². The third-order valence-electron chi connectivity index (χ3n) is 3.55. The van der Waals surface area contributed by atoms with E-state index in [2.05, 4.69) is 0 Å². The Morgan fingerprint density at radius 2 is 2.17 bits per heavy atom. The van der Waals surface area contributed by atoms with E-state index >= 15 is 0 Å². The minimum atomic E-state index is -0.828. The van der Waals surface area contributed by atoms with Crippen LogP contribution in [0, 0.1) is 12.8 Å². The van der Waals surface area contributed by atoms with Gasteiger partial charge in [-0.1, -0.05) is 12.1 Å². The summed E-state index contributed by atoms with van der Waals surface area (Å²) in [5, 5.41) is 19.2. The first-order valence-corrected chi connectivity index (χ1v) is 6.12. The highest BCUT2D eigenvalue weighted by Gasteiger charge is 2.35. The molecular weight excluding hydrogens is 232 g/mol. The largest absolute Gasteiger partial charge is 0.504 e. The highest BCUT2D eigenvalue weighted by Crippen LogP contribution is 2.49. The van der Waals surface area contributed by atoms with Crippen molar-refractivity contribution in [2.75, 3.05) is 7.11 Å². The number of methoxy groups -OCH3 is 1. The Kier molecular flexibility index (Phi) is 3.45. The summed E-state index contributed by atoms with van der Waals surface area (Å²) >= 11 is 0. The number of rotatable bonds is 5. The lowest BCUT2D eigenvalue weighted by atomic mass is 9.89. The monoisotopic (exact) mass is 250 g/mol. The van der Waals surface area contributed by atoms with Crippen LogP contribution in [0.25, 0.3) is 0 Å². The fourth-order valence-electron chi connectivity index (χ4n) is 2.46. The van der Waals surface area contributed by atoms with E-state index in [-0.39, 0.29) is 18.1 Å². The van der Waals surface area contributed by atoms with Crippen LogP contribution in [0.4, 0.5) is 0 Å². The molecule has 0 spiro atoms. The molecular formula is C14H18O4. The van der Waals surface area contributed by atoms with E-state index in [1.807, 2.05) is 19.1 Å². The summed E-state index contributed by atoms with van der Waals surface area (Å²) in [5.41, 5.74) is 1.55. The number of aliphatic carboxylic acids is 1. The number of ether oxygens (including phenoxy) is 1. The second kappa shape index (κ2) is 4.88. The molecule has 2 N–H and O–H groups in total. The Labute approximate surface area is 106 Å². The minimum Gasteiger partial charge on any atom is -0.504 e. The van der Waals surface area contributed by atoms with Gasteiger partial charge < -0.3 is 14.9 Å². The molecule has 1 aromatic rings. The second-order valence-electron chi connectivity index (χ2n) is 4.90. The Bertz CT molecular complexity index is 463. The van der Waals surface area contributed by atoms with Crippen molar-refractivity contribution < 1.29 is 19.7 Å². The van der Waals surface area contributed by atoms with Crippen molar-refractivity contribution in [3.05, 3.63) is 23.3 Å². The summed E-state index contributed by atoms with van der Waals surface area (Å²) in [4.78, 5) is 10.9. The average Bonchev–Trinajstić information content (AvgIpc) is 3.11. The van der Waals surface area contributed by atoms with E-state index in [9.17, 15) is 9.90 Å². The number of hydrogen-bond acceptors (Lipinski definition) is 3. The Morgan fingerprint density at radius 3 is 2.67 bits per heavy atom. The molecule has 0 saturated heterocycles. The number of aryl methyl sites for hydroxylation is 1. The third-order valence-corrected chi connectivity index (χ3v) is 3.55. The maximum atomic E-state index is 10.9. The summed E-state index contributed by atoms with van der Waals surface area (Å²) in [5.74, 6) is -0.0264. The number of phenolic OH excluding ortho intramolecular Hbond substituents is 1. The van der Waals surface area contributed by atoms with Gasteiger partial charge >= 0.3 is 5.97 Å². The molecule has 2 rings (SSSR count). The van der Waals surface area contributed by atoms with Gasteiger partial charge in [0.2, 0.25) is 0 Å². The molecule has 1 aliphatic rings. The van der Waals surface area contributed by atoms with Gasteiger partial charge in [-0.25, -0.2) is 0 Å². The van der Waals surface area contributed by atoms with Gasteiger partial charge in [-0.05, 0) is 31.2 Å². The molecule has 4 heteroatoms. The van der Waals surface area contributed by atoms with Gasteiger partial charge in [-0.3, -0.25) is 4.79 Å². The van der Waals surface area contributed by atoms with Crippen LogP contribution in [0.15, 0.2) is 12.1 Å². The molecule has 98 valence electrons. The maximum Gasteiger partial charge on any atom is 0.303 e. The summed E-state index contributed by atoms with van der Waals surface area (Å²) in [7, 11) is 1.51. The van der Waals surface area contributed by atoms with Crippen LogP contribution in [0.5, 0.6) is 11.5 Å².